The molecule has 1 aliphatic rings. The van der Waals surface area contributed by atoms with Gasteiger partial charge in [-0.3, -0.25) is 4.90 Å². The minimum atomic E-state index is 0.612. The Morgan fingerprint density at radius 1 is 1.32 bits per heavy atom. The number of allylic oxidation sites excluding steroid dienone is 1. The second kappa shape index (κ2) is 7.46. The number of rotatable bonds is 5. The Hall–Kier alpha value is -1.12. The van der Waals surface area contributed by atoms with Gasteiger partial charge >= 0.3 is 0 Å². The molecule has 1 aliphatic heterocycles. The zero-order chi connectivity index (χ0) is 13.5. The molecular weight excluding hydrogens is 232 g/mol. The summed E-state index contributed by atoms with van der Waals surface area (Å²) in [5, 5.41) is 3.68. The number of nitrogens with one attached hydrogen (secondary N) is 1. The van der Waals surface area contributed by atoms with Gasteiger partial charge in [0, 0.05) is 31.7 Å². The smallest absolute Gasteiger partial charge is 0.0265 e. The molecule has 2 unspecified atom stereocenters. The van der Waals surface area contributed by atoms with E-state index in [1.807, 2.05) is 0 Å². The molecule has 0 amide bonds. The lowest BCUT2D eigenvalue weighted by Crippen LogP contribution is -2.56. The first-order valence-corrected chi connectivity index (χ1v) is 7.46. The lowest BCUT2D eigenvalue weighted by molar-refractivity contribution is 0.142. The maximum Gasteiger partial charge on any atom is 0.0265 e. The highest BCUT2D eigenvalue weighted by atomic mass is 15.2. The van der Waals surface area contributed by atoms with Crippen molar-refractivity contribution in [2.24, 2.45) is 0 Å². The van der Waals surface area contributed by atoms with Crippen LogP contribution in [0.1, 0.15) is 25.8 Å². The number of hydrogen-bond acceptors (Lipinski definition) is 2. The predicted octanol–water partition coefficient (Wildman–Crippen LogP) is 2.86. The molecule has 0 bridgehead atoms. The van der Waals surface area contributed by atoms with E-state index >= 15 is 0 Å². The van der Waals surface area contributed by atoms with Crippen LogP contribution in [0.4, 0.5) is 0 Å². The SMILES string of the molecule is C/C=C/CN1CC(CC)NCC1Cc1ccccc1. The van der Waals surface area contributed by atoms with Crippen molar-refractivity contribution in [3.63, 3.8) is 0 Å². The summed E-state index contributed by atoms with van der Waals surface area (Å²) in [6, 6.07) is 12.1. The summed E-state index contributed by atoms with van der Waals surface area (Å²) >= 11 is 0. The molecular formula is C17H26N2. The Morgan fingerprint density at radius 2 is 2.11 bits per heavy atom. The average Bonchev–Trinajstić information content (AvgIpc) is 2.47. The van der Waals surface area contributed by atoms with Gasteiger partial charge in [0.15, 0.2) is 0 Å². The van der Waals surface area contributed by atoms with Crippen molar-refractivity contribution in [1.29, 1.82) is 0 Å². The molecule has 0 saturated carbocycles. The Kier molecular flexibility index (Phi) is 5.62. The summed E-state index contributed by atoms with van der Waals surface area (Å²) in [5.74, 6) is 0. The van der Waals surface area contributed by atoms with Crippen molar-refractivity contribution >= 4 is 0 Å². The topological polar surface area (TPSA) is 15.3 Å². The zero-order valence-corrected chi connectivity index (χ0v) is 12.2. The molecule has 1 fully saturated rings. The molecule has 2 nitrogen and oxygen atoms in total. The quantitative estimate of drug-likeness (QED) is 0.817. The highest BCUT2D eigenvalue weighted by molar-refractivity contribution is 5.16. The first-order valence-electron chi connectivity index (χ1n) is 7.46. The Balaban J connectivity index is 2.00. The Labute approximate surface area is 117 Å². The molecule has 2 heteroatoms. The van der Waals surface area contributed by atoms with Crippen molar-refractivity contribution in [2.45, 2.75) is 38.8 Å². The second-order valence-electron chi connectivity index (χ2n) is 5.38. The molecule has 0 spiro atoms. The van der Waals surface area contributed by atoms with Gasteiger partial charge in [0.1, 0.15) is 0 Å². The van der Waals surface area contributed by atoms with Crippen LogP contribution >= 0.6 is 0 Å². The van der Waals surface area contributed by atoms with E-state index in [0.717, 1.165) is 19.5 Å². The molecule has 1 N–H and O–H groups in total. The van der Waals surface area contributed by atoms with E-state index in [1.54, 1.807) is 0 Å². The summed E-state index contributed by atoms with van der Waals surface area (Å²) in [6.45, 7) is 7.71. The standard InChI is InChI=1S/C17H26N2/c1-3-5-11-19-14-16(4-2)18-13-17(19)12-15-9-7-6-8-10-15/h3,5-10,16-18H,4,11-14H2,1-2H3/b5-3+. The fourth-order valence-corrected chi connectivity index (χ4v) is 2.75. The first kappa shape index (κ1) is 14.3. The third-order valence-electron chi connectivity index (χ3n) is 4.00. The van der Waals surface area contributed by atoms with Crippen molar-refractivity contribution in [1.82, 2.24) is 10.2 Å². The summed E-state index contributed by atoms with van der Waals surface area (Å²) in [6.07, 6.45) is 6.78. The minimum Gasteiger partial charge on any atom is -0.311 e. The molecule has 2 atom stereocenters. The van der Waals surface area contributed by atoms with Gasteiger partial charge in [-0.1, -0.05) is 49.4 Å². The summed E-state index contributed by atoms with van der Waals surface area (Å²) in [7, 11) is 0. The molecule has 2 rings (SSSR count). The molecule has 19 heavy (non-hydrogen) atoms. The molecule has 0 radical (unpaired) electrons. The molecule has 0 aliphatic carbocycles. The molecule has 1 aromatic rings. The largest absolute Gasteiger partial charge is 0.311 e. The van der Waals surface area contributed by atoms with Crippen LogP contribution < -0.4 is 5.32 Å². The highest BCUT2D eigenvalue weighted by Gasteiger charge is 2.26. The van der Waals surface area contributed by atoms with E-state index in [9.17, 15) is 0 Å². The number of hydrogen-bond donors (Lipinski definition) is 1. The van der Waals surface area contributed by atoms with E-state index < -0.39 is 0 Å². The van der Waals surface area contributed by atoms with E-state index in [0.29, 0.717) is 12.1 Å². The predicted molar refractivity (Wildman–Crippen MR) is 82.4 cm³/mol. The third-order valence-corrected chi connectivity index (χ3v) is 4.00. The molecule has 1 saturated heterocycles. The van der Waals surface area contributed by atoms with Gasteiger partial charge in [-0.2, -0.15) is 0 Å². The normalized spacial score (nSPS) is 24.9. The van der Waals surface area contributed by atoms with Crippen LogP contribution in [-0.2, 0) is 6.42 Å². The Bertz CT molecular complexity index is 386. The van der Waals surface area contributed by atoms with Crippen LogP contribution in [0.25, 0.3) is 0 Å². The van der Waals surface area contributed by atoms with Gasteiger partial charge in [-0.15, -0.1) is 0 Å². The van der Waals surface area contributed by atoms with E-state index in [-0.39, 0.29) is 0 Å². The fraction of sp³-hybridized carbons (Fsp3) is 0.529. The fourth-order valence-electron chi connectivity index (χ4n) is 2.75. The van der Waals surface area contributed by atoms with E-state index in [4.69, 9.17) is 0 Å². The minimum absolute atomic E-state index is 0.612. The second-order valence-corrected chi connectivity index (χ2v) is 5.38. The number of nitrogens with zero attached hydrogens (tertiary/aromatic N) is 1. The first-order chi connectivity index (χ1) is 9.33. The lowest BCUT2D eigenvalue weighted by atomic mass is 10.00. The monoisotopic (exact) mass is 258 g/mol. The van der Waals surface area contributed by atoms with Crippen LogP contribution in [0.5, 0.6) is 0 Å². The Morgan fingerprint density at radius 3 is 2.79 bits per heavy atom. The lowest BCUT2D eigenvalue weighted by Gasteiger charge is -2.40. The molecule has 1 aromatic carbocycles. The number of benzene rings is 1. The van der Waals surface area contributed by atoms with Crippen LogP contribution in [0.3, 0.4) is 0 Å². The van der Waals surface area contributed by atoms with E-state index in [1.165, 1.54) is 18.5 Å². The third kappa shape index (κ3) is 4.19. The maximum atomic E-state index is 3.68. The average molecular weight is 258 g/mol. The van der Waals surface area contributed by atoms with Crippen molar-refractivity contribution in [2.75, 3.05) is 19.6 Å². The van der Waals surface area contributed by atoms with Gasteiger partial charge in [-0.05, 0) is 25.3 Å². The highest BCUT2D eigenvalue weighted by Crippen LogP contribution is 2.14. The van der Waals surface area contributed by atoms with Gasteiger partial charge in [0.05, 0.1) is 0 Å². The van der Waals surface area contributed by atoms with Gasteiger partial charge in [0.2, 0.25) is 0 Å². The molecule has 1 heterocycles. The maximum absolute atomic E-state index is 3.68. The molecule has 0 aromatic heterocycles. The summed E-state index contributed by atoms with van der Waals surface area (Å²) in [4.78, 5) is 2.62. The van der Waals surface area contributed by atoms with Crippen LogP contribution in [-0.4, -0.2) is 36.6 Å². The van der Waals surface area contributed by atoms with Gasteiger partial charge < -0.3 is 5.32 Å². The van der Waals surface area contributed by atoms with Gasteiger partial charge in [-0.25, -0.2) is 0 Å². The summed E-state index contributed by atoms with van der Waals surface area (Å²) < 4.78 is 0. The van der Waals surface area contributed by atoms with Crippen molar-refractivity contribution in [3.8, 4) is 0 Å². The molecule has 104 valence electrons. The van der Waals surface area contributed by atoms with Gasteiger partial charge in [0.25, 0.3) is 0 Å². The number of piperazine rings is 1. The van der Waals surface area contributed by atoms with Crippen molar-refractivity contribution in [3.05, 3.63) is 48.0 Å². The van der Waals surface area contributed by atoms with E-state index in [2.05, 4.69) is 66.5 Å². The van der Waals surface area contributed by atoms with Crippen molar-refractivity contribution < 1.29 is 0 Å². The zero-order valence-electron chi connectivity index (χ0n) is 12.2. The summed E-state index contributed by atoms with van der Waals surface area (Å²) in [5.41, 5.74) is 1.44. The van der Waals surface area contributed by atoms with Crippen LogP contribution in [0, 0.1) is 0 Å². The van der Waals surface area contributed by atoms with Crippen LogP contribution in [0.2, 0.25) is 0 Å². The van der Waals surface area contributed by atoms with Crippen LogP contribution in [0.15, 0.2) is 42.5 Å².